The molecule has 0 aromatic heterocycles. The van der Waals surface area contributed by atoms with Crippen LogP contribution in [0.15, 0.2) is 0 Å². The highest BCUT2D eigenvalue weighted by Crippen LogP contribution is 2.46. The Labute approximate surface area is 82.8 Å². The van der Waals surface area contributed by atoms with Crippen LogP contribution in [0, 0.1) is 0 Å². The zero-order valence-corrected chi connectivity index (χ0v) is 7.59. The van der Waals surface area contributed by atoms with Gasteiger partial charge in [-0.2, -0.15) is 39.2 Å². The quantitative estimate of drug-likeness (QED) is 0.636. The molecule has 0 saturated carbocycles. The summed E-state index contributed by atoms with van der Waals surface area (Å²) in [5.41, 5.74) is 0. The van der Waals surface area contributed by atoms with Crippen molar-refractivity contribution in [2.45, 2.75) is 23.5 Å². The first-order valence-corrected chi connectivity index (χ1v) is 4.53. The first-order chi connectivity index (χ1) is 6.65. The molecule has 98 valence electrons. The van der Waals surface area contributed by atoms with E-state index in [1.807, 2.05) is 0 Å². The average molecular weight is 282 g/mol. The van der Waals surface area contributed by atoms with Crippen molar-refractivity contribution in [1.82, 2.24) is 0 Å². The van der Waals surface area contributed by atoms with Crippen LogP contribution in [0.2, 0.25) is 0 Å². The van der Waals surface area contributed by atoms with E-state index in [0.717, 1.165) is 0 Å². The van der Waals surface area contributed by atoms with Crippen LogP contribution in [-0.2, 0) is 10.1 Å². The van der Waals surface area contributed by atoms with Crippen molar-refractivity contribution < 1.29 is 48.1 Å². The van der Waals surface area contributed by atoms with Gasteiger partial charge in [0.05, 0.1) is 0 Å². The molecule has 0 aliphatic heterocycles. The van der Waals surface area contributed by atoms with Crippen molar-refractivity contribution in [2.75, 3.05) is 0 Å². The monoisotopic (exact) mass is 282 g/mol. The molecule has 0 rings (SSSR count). The highest BCUT2D eigenvalue weighted by atomic mass is 32.2. The van der Waals surface area contributed by atoms with Gasteiger partial charge in [-0.3, -0.25) is 4.55 Å². The van der Waals surface area contributed by atoms with Crippen LogP contribution in [0.5, 0.6) is 0 Å². The number of halogens is 8. The molecule has 0 aliphatic rings. The van der Waals surface area contributed by atoms with Crippen molar-refractivity contribution in [2.24, 2.45) is 0 Å². The smallest absolute Gasteiger partial charge is 0.281 e. The Bertz CT molecular complexity index is 356. The Morgan fingerprint density at radius 2 is 1.25 bits per heavy atom. The van der Waals surface area contributed by atoms with Crippen molar-refractivity contribution >= 4 is 10.1 Å². The van der Waals surface area contributed by atoms with Gasteiger partial charge in [-0.1, -0.05) is 0 Å². The van der Waals surface area contributed by atoms with Crippen LogP contribution >= 0.6 is 0 Å². The maximum Gasteiger partial charge on any atom is 0.434 e. The van der Waals surface area contributed by atoms with Crippen LogP contribution in [0.25, 0.3) is 0 Å². The van der Waals surface area contributed by atoms with Gasteiger partial charge in [-0.25, -0.2) is 4.39 Å². The number of hydrogen-bond donors (Lipinski definition) is 1. The minimum absolute atomic E-state index is 5.43. The molecule has 0 aliphatic carbocycles. The first-order valence-electron chi connectivity index (χ1n) is 3.09. The van der Waals surface area contributed by atoms with Gasteiger partial charge in [0, 0.05) is 0 Å². The summed E-state index contributed by atoms with van der Waals surface area (Å²) in [6, 6.07) is 0. The largest absolute Gasteiger partial charge is 0.434 e. The maximum atomic E-state index is 12.2. The second-order valence-electron chi connectivity index (χ2n) is 2.52. The summed E-state index contributed by atoms with van der Waals surface area (Å²) in [7, 11) is -6.89. The summed E-state index contributed by atoms with van der Waals surface area (Å²) in [4.78, 5) is 0. The molecule has 0 heterocycles. The Balaban J connectivity index is 5.55. The Hall–Kier alpha value is -0.650. The summed E-state index contributed by atoms with van der Waals surface area (Å²) in [5, 5.41) is -6.59. The number of rotatable bonds is 3. The van der Waals surface area contributed by atoms with E-state index < -0.39 is 33.6 Å². The van der Waals surface area contributed by atoms with Gasteiger partial charge in [0.25, 0.3) is 6.17 Å². The molecule has 1 unspecified atom stereocenters. The standard InChI is InChI=1S/C4H2F8O3S/c5-1(3(8,9)10)2(6,7)4(11,12)16(13,14)15/h1H,(H,13,14,15). The molecule has 12 heteroatoms. The predicted molar refractivity (Wildman–Crippen MR) is 32.4 cm³/mol. The Morgan fingerprint density at radius 1 is 0.938 bits per heavy atom. The van der Waals surface area contributed by atoms with E-state index in [2.05, 4.69) is 0 Å². The van der Waals surface area contributed by atoms with Crippen LogP contribution in [0.3, 0.4) is 0 Å². The molecule has 1 atom stereocenters. The third-order valence-electron chi connectivity index (χ3n) is 1.32. The molecule has 0 aromatic rings. The van der Waals surface area contributed by atoms with Gasteiger partial charge >= 0.3 is 27.5 Å². The van der Waals surface area contributed by atoms with Crippen molar-refractivity contribution in [3.63, 3.8) is 0 Å². The SMILES string of the molecule is O=S(=O)(O)C(F)(F)C(F)(F)C(F)C(F)(F)F. The summed E-state index contributed by atoms with van der Waals surface area (Å²) < 4.78 is 122. The highest BCUT2D eigenvalue weighted by molar-refractivity contribution is 7.87. The molecule has 16 heavy (non-hydrogen) atoms. The molecule has 0 aromatic carbocycles. The number of alkyl halides is 8. The molecule has 0 saturated heterocycles. The lowest BCUT2D eigenvalue weighted by atomic mass is 10.2. The maximum absolute atomic E-state index is 12.2. The van der Waals surface area contributed by atoms with Gasteiger partial charge in [0.1, 0.15) is 0 Å². The second kappa shape index (κ2) is 3.68. The molecule has 0 radical (unpaired) electrons. The van der Waals surface area contributed by atoms with E-state index in [1.165, 1.54) is 0 Å². The van der Waals surface area contributed by atoms with E-state index >= 15 is 0 Å². The van der Waals surface area contributed by atoms with Crippen molar-refractivity contribution in [1.29, 1.82) is 0 Å². The van der Waals surface area contributed by atoms with Crippen LogP contribution < -0.4 is 0 Å². The summed E-state index contributed by atoms with van der Waals surface area (Å²) in [6.45, 7) is 0. The lowest BCUT2D eigenvalue weighted by molar-refractivity contribution is -0.285. The van der Waals surface area contributed by atoms with Gasteiger partial charge < -0.3 is 0 Å². The van der Waals surface area contributed by atoms with Gasteiger partial charge in [0.2, 0.25) is 0 Å². The summed E-state index contributed by atoms with van der Waals surface area (Å²) in [5.74, 6) is -6.64. The third-order valence-corrected chi connectivity index (χ3v) is 2.24. The summed E-state index contributed by atoms with van der Waals surface area (Å²) >= 11 is 0. The van der Waals surface area contributed by atoms with E-state index in [4.69, 9.17) is 4.55 Å². The van der Waals surface area contributed by atoms with E-state index in [9.17, 15) is 43.5 Å². The van der Waals surface area contributed by atoms with Crippen molar-refractivity contribution in [3.05, 3.63) is 0 Å². The van der Waals surface area contributed by atoms with Crippen LogP contribution in [-0.4, -0.2) is 36.5 Å². The van der Waals surface area contributed by atoms with Gasteiger partial charge in [-0.05, 0) is 0 Å². The fourth-order valence-corrected chi connectivity index (χ4v) is 0.972. The predicted octanol–water partition coefficient (Wildman–Crippen LogP) is 2.00. The molecule has 0 amide bonds. The fraction of sp³-hybridized carbons (Fsp3) is 1.00. The van der Waals surface area contributed by atoms with Crippen LogP contribution in [0.4, 0.5) is 35.1 Å². The molecule has 0 bridgehead atoms. The van der Waals surface area contributed by atoms with Crippen LogP contribution in [0.1, 0.15) is 0 Å². The summed E-state index contributed by atoms with van der Waals surface area (Å²) in [6.07, 6.45) is -11.8. The minimum Gasteiger partial charge on any atom is -0.281 e. The van der Waals surface area contributed by atoms with Crippen molar-refractivity contribution in [3.8, 4) is 0 Å². The zero-order chi connectivity index (χ0) is 13.6. The minimum atomic E-state index is -6.89. The second-order valence-corrected chi connectivity index (χ2v) is 3.98. The lowest BCUT2D eigenvalue weighted by Gasteiger charge is -2.27. The van der Waals surface area contributed by atoms with E-state index in [0.29, 0.717) is 0 Å². The van der Waals surface area contributed by atoms with E-state index in [-0.39, 0.29) is 0 Å². The average Bonchev–Trinajstić information content (AvgIpc) is 1.98. The molecule has 3 nitrogen and oxygen atoms in total. The normalized spacial score (nSPS) is 17.3. The Morgan fingerprint density at radius 3 is 1.44 bits per heavy atom. The van der Waals surface area contributed by atoms with Gasteiger partial charge in [0.15, 0.2) is 0 Å². The molecule has 0 spiro atoms. The molecular weight excluding hydrogens is 280 g/mol. The zero-order valence-electron chi connectivity index (χ0n) is 6.77. The topological polar surface area (TPSA) is 54.4 Å². The first kappa shape index (κ1) is 15.3. The number of hydrogen-bond acceptors (Lipinski definition) is 2. The molecular formula is C4H2F8O3S. The fourth-order valence-electron chi connectivity index (χ4n) is 0.525. The molecule has 0 fully saturated rings. The highest BCUT2D eigenvalue weighted by Gasteiger charge is 2.75. The van der Waals surface area contributed by atoms with E-state index in [1.54, 1.807) is 0 Å². The van der Waals surface area contributed by atoms with Gasteiger partial charge in [-0.15, -0.1) is 0 Å². The Kier molecular flexibility index (Phi) is 3.53. The molecule has 1 N–H and O–H groups in total. The lowest BCUT2D eigenvalue weighted by Crippen LogP contribution is -2.56. The third kappa shape index (κ3) is 2.36.